The van der Waals surface area contributed by atoms with Crippen molar-refractivity contribution in [1.29, 1.82) is 0 Å². The molecular formula is C20H25N3O3. The minimum atomic E-state index is 0.0353. The zero-order valence-electron chi connectivity index (χ0n) is 15.3. The van der Waals surface area contributed by atoms with Gasteiger partial charge in [-0.05, 0) is 24.1 Å². The Kier molecular flexibility index (Phi) is 5.40. The Bertz CT molecular complexity index is 813. The summed E-state index contributed by atoms with van der Waals surface area (Å²) in [7, 11) is 0. The van der Waals surface area contributed by atoms with E-state index in [-0.39, 0.29) is 29.9 Å². The highest BCUT2D eigenvalue weighted by atomic mass is 16.3. The molecule has 1 N–H and O–H groups in total. The van der Waals surface area contributed by atoms with E-state index in [1.165, 1.54) is 0 Å². The van der Waals surface area contributed by atoms with Crippen LogP contribution in [0.25, 0.3) is 10.9 Å². The lowest BCUT2D eigenvalue weighted by atomic mass is 10.0. The molecule has 0 aliphatic carbocycles. The number of pyridine rings is 1. The molecule has 1 fully saturated rings. The first-order valence-electron chi connectivity index (χ1n) is 9.13. The third-order valence-electron chi connectivity index (χ3n) is 5.16. The van der Waals surface area contributed by atoms with Crippen molar-refractivity contribution in [2.45, 2.75) is 26.7 Å². The molecule has 6 heteroatoms. The molecule has 0 saturated carbocycles. The molecule has 2 heterocycles. The molecular weight excluding hydrogens is 330 g/mol. The molecule has 1 aromatic carbocycles. The summed E-state index contributed by atoms with van der Waals surface area (Å²) in [6.07, 6.45) is 2.73. The fraction of sp³-hybridized carbons (Fsp3) is 0.450. The third kappa shape index (κ3) is 3.64. The number of amides is 2. The van der Waals surface area contributed by atoms with E-state index < -0.39 is 0 Å². The highest BCUT2D eigenvalue weighted by molar-refractivity contribution is 5.91. The summed E-state index contributed by atoms with van der Waals surface area (Å²) in [5.41, 5.74) is 1.37. The normalized spacial score (nSPS) is 15.9. The number of rotatable bonds is 4. The zero-order chi connectivity index (χ0) is 18.7. The van der Waals surface area contributed by atoms with Crippen molar-refractivity contribution in [1.82, 2.24) is 14.8 Å². The minimum Gasteiger partial charge on any atom is -0.506 e. The second-order valence-electron chi connectivity index (χ2n) is 6.84. The van der Waals surface area contributed by atoms with Gasteiger partial charge in [0.25, 0.3) is 0 Å². The smallest absolute Gasteiger partial charge is 0.227 e. The van der Waals surface area contributed by atoms with E-state index in [2.05, 4.69) is 4.98 Å². The zero-order valence-corrected chi connectivity index (χ0v) is 15.3. The number of nitrogens with zero attached hydrogens (tertiary/aromatic N) is 3. The first-order chi connectivity index (χ1) is 12.5. The number of piperazine rings is 1. The lowest BCUT2D eigenvalue weighted by Gasteiger charge is -2.36. The van der Waals surface area contributed by atoms with Crippen molar-refractivity contribution in [2.75, 3.05) is 26.2 Å². The fourth-order valence-corrected chi connectivity index (χ4v) is 3.31. The number of hydrogen-bond donors (Lipinski definition) is 1. The molecule has 1 saturated heterocycles. The second kappa shape index (κ2) is 7.72. The molecule has 26 heavy (non-hydrogen) atoms. The van der Waals surface area contributed by atoms with Crippen LogP contribution in [0.3, 0.4) is 0 Å². The molecule has 1 aliphatic rings. The number of aromatic hydroxyl groups is 1. The average molecular weight is 355 g/mol. The van der Waals surface area contributed by atoms with Gasteiger partial charge in [0.05, 0.1) is 6.42 Å². The van der Waals surface area contributed by atoms with Crippen molar-refractivity contribution in [2.24, 2.45) is 5.92 Å². The van der Waals surface area contributed by atoms with Crippen LogP contribution in [0.15, 0.2) is 30.5 Å². The lowest BCUT2D eigenvalue weighted by Crippen LogP contribution is -2.52. The number of carbonyl (C=O) groups is 2. The molecule has 0 unspecified atom stereocenters. The number of phenols is 1. The maximum absolute atomic E-state index is 12.7. The Balaban J connectivity index is 1.65. The van der Waals surface area contributed by atoms with Crippen molar-refractivity contribution in [3.05, 3.63) is 36.0 Å². The Labute approximate surface area is 153 Å². The molecule has 1 aromatic heterocycles. The van der Waals surface area contributed by atoms with Gasteiger partial charge in [-0.15, -0.1) is 0 Å². The Morgan fingerprint density at radius 1 is 1.15 bits per heavy atom. The monoisotopic (exact) mass is 355 g/mol. The van der Waals surface area contributed by atoms with E-state index in [4.69, 9.17) is 0 Å². The van der Waals surface area contributed by atoms with E-state index in [0.29, 0.717) is 31.7 Å². The van der Waals surface area contributed by atoms with Crippen LogP contribution in [0.5, 0.6) is 5.75 Å². The first-order valence-corrected chi connectivity index (χ1v) is 9.13. The number of phenolic OH excluding ortho intramolecular Hbond substituents is 1. The topological polar surface area (TPSA) is 73.7 Å². The van der Waals surface area contributed by atoms with E-state index in [1.54, 1.807) is 24.4 Å². The van der Waals surface area contributed by atoms with Crippen LogP contribution in [-0.4, -0.2) is 57.9 Å². The number of benzene rings is 1. The van der Waals surface area contributed by atoms with Gasteiger partial charge in [0.1, 0.15) is 11.3 Å². The lowest BCUT2D eigenvalue weighted by molar-refractivity contribution is -0.141. The maximum Gasteiger partial charge on any atom is 0.227 e. The molecule has 0 bridgehead atoms. The van der Waals surface area contributed by atoms with E-state index in [0.717, 1.165) is 17.4 Å². The quantitative estimate of drug-likeness (QED) is 0.912. The Hall–Kier alpha value is -2.63. The predicted octanol–water partition coefficient (Wildman–Crippen LogP) is 2.20. The van der Waals surface area contributed by atoms with Gasteiger partial charge in [-0.1, -0.05) is 26.0 Å². The van der Waals surface area contributed by atoms with Crippen LogP contribution >= 0.6 is 0 Å². The van der Waals surface area contributed by atoms with Gasteiger partial charge in [-0.25, -0.2) is 0 Å². The van der Waals surface area contributed by atoms with E-state index in [1.807, 2.05) is 29.7 Å². The fourth-order valence-electron chi connectivity index (χ4n) is 3.31. The molecule has 0 radical (unpaired) electrons. The van der Waals surface area contributed by atoms with Crippen molar-refractivity contribution in [3.63, 3.8) is 0 Å². The molecule has 6 nitrogen and oxygen atoms in total. The van der Waals surface area contributed by atoms with Crippen molar-refractivity contribution < 1.29 is 14.7 Å². The van der Waals surface area contributed by atoms with Gasteiger partial charge in [-0.3, -0.25) is 14.6 Å². The van der Waals surface area contributed by atoms with E-state index >= 15 is 0 Å². The van der Waals surface area contributed by atoms with Crippen LogP contribution in [0.1, 0.15) is 25.8 Å². The highest BCUT2D eigenvalue weighted by Crippen LogP contribution is 2.26. The number of hydrogen-bond acceptors (Lipinski definition) is 4. The SMILES string of the molecule is CC[C@@H](C)C(=O)N1CCN(C(=O)Cc2ccc(O)c3ncccc23)CC1. The van der Waals surface area contributed by atoms with Gasteiger partial charge >= 0.3 is 0 Å². The average Bonchev–Trinajstić information content (AvgIpc) is 2.69. The summed E-state index contributed by atoms with van der Waals surface area (Å²) in [5, 5.41) is 10.7. The van der Waals surface area contributed by atoms with Gasteiger partial charge in [0, 0.05) is 43.7 Å². The van der Waals surface area contributed by atoms with Crippen molar-refractivity contribution >= 4 is 22.7 Å². The number of aromatic nitrogens is 1. The highest BCUT2D eigenvalue weighted by Gasteiger charge is 2.26. The number of fused-ring (bicyclic) bond motifs is 1. The van der Waals surface area contributed by atoms with Crippen LogP contribution in [0, 0.1) is 5.92 Å². The largest absolute Gasteiger partial charge is 0.506 e. The molecule has 3 rings (SSSR count). The van der Waals surface area contributed by atoms with Crippen LogP contribution in [-0.2, 0) is 16.0 Å². The Morgan fingerprint density at radius 3 is 2.54 bits per heavy atom. The van der Waals surface area contributed by atoms with Crippen LogP contribution in [0.2, 0.25) is 0 Å². The second-order valence-corrected chi connectivity index (χ2v) is 6.84. The third-order valence-corrected chi connectivity index (χ3v) is 5.16. The molecule has 1 aliphatic heterocycles. The number of carbonyl (C=O) groups excluding carboxylic acids is 2. The molecule has 2 amide bonds. The summed E-state index contributed by atoms with van der Waals surface area (Å²) in [5.74, 6) is 0.369. The summed E-state index contributed by atoms with van der Waals surface area (Å²) >= 11 is 0. The van der Waals surface area contributed by atoms with Crippen LogP contribution < -0.4 is 0 Å². The summed E-state index contributed by atoms with van der Waals surface area (Å²) in [6, 6.07) is 7.03. The minimum absolute atomic E-state index is 0.0353. The van der Waals surface area contributed by atoms with Gasteiger partial charge in [0.15, 0.2) is 0 Å². The maximum atomic E-state index is 12.7. The van der Waals surface area contributed by atoms with E-state index in [9.17, 15) is 14.7 Å². The summed E-state index contributed by atoms with van der Waals surface area (Å²) in [6.45, 7) is 6.27. The standard InChI is InChI=1S/C20H25N3O3/c1-3-14(2)20(26)23-11-9-22(10-12-23)18(25)13-15-6-7-17(24)19-16(15)5-4-8-21-19/h4-8,14,24H,3,9-13H2,1-2H3/t14-/m1/s1. The molecule has 0 spiro atoms. The first kappa shape index (κ1) is 18.2. The van der Waals surface area contributed by atoms with Gasteiger partial charge < -0.3 is 14.9 Å². The predicted molar refractivity (Wildman–Crippen MR) is 99.7 cm³/mol. The molecule has 138 valence electrons. The summed E-state index contributed by atoms with van der Waals surface area (Å²) < 4.78 is 0. The molecule has 1 atom stereocenters. The summed E-state index contributed by atoms with van der Waals surface area (Å²) in [4.78, 5) is 32.8. The van der Waals surface area contributed by atoms with Gasteiger partial charge in [-0.2, -0.15) is 0 Å². The van der Waals surface area contributed by atoms with Crippen molar-refractivity contribution in [3.8, 4) is 5.75 Å². The molecule has 2 aromatic rings. The Morgan fingerprint density at radius 2 is 1.85 bits per heavy atom. The van der Waals surface area contributed by atoms with Crippen LogP contribution in [0.4, 0.5) is 0 Å². The van der Waals surface area contributed by atoms with Gasteiger partial charge in [0.2, 0.25) is 11.8 Å².